The molecule has 2 saturated heterocycles. The Bertz CT molecular complexity index is 378. The van der Waals surface area contributed by atoms with Gasteiger partial charge in [-0.1, -0.05) is 18.2 Å². The lowest BCUT2D eigenvalue weighted by molar-refractivity contribution is 0.0782. The first-order valence-electron chi connectivity index (χ1n) is 5.92. The van der Waals surface area contributed by atoms with Gasteiger partial charge in [-0.2, -0.15) is 0 Å². The first kappa shape index (κ1) is 9.85. The predicted octanol–water partition coefficient (Wildman–Crippen LogP) is 1.12. The van der Waals surface area contributed by atoms with Crippen molar-refractivity contribution >= 4 is 5.91 Å². The van der Waals surface area contributed by atoms with E-state index in [-0.39, 0.29) is 5.91 Å². The van der Waals surface area contributed by atoms with Crippen LogP contribution in [0.25, 0.3) is 0 Å². The Kier molecular flexibility index (Phi) is 2.40. The van der Waals surface area contributed by atoms with Crippen LogP contribution in [0.1, 0.15) is 16.8 Å². The summed E-state index contributed by atoms with van der Waals surface area (Å²) in [5, 5.41) is 3.46. The number of likely N-dealkylation sites (tertiary alicyclic amines) is 1. The van der Waals surface area contributed by atoms with E-state index in [1.165, 1.54) is 6.42 Å². The second-order valence-electron chi connectivity index (χ2n) is 4.69. The highest BCUT2D eigenvalue weighted by molar-refractivity contribution is 5.94. The van der Waals surface area contributed by atoms with Crippen molar-refractivity contribution < 1.29 is 4.79 Å². The lowest BCUT2D eigenvalue weighted by Crippen LogP contribution is -2.33. The Hall–Kier alpha value is -1.35. The molecule has 84 valence electrons. The molecule has 3 rings (SSSR count). The molecule has 2 aliphatic heterocycles. The number of amides is 1. The van der Waals surface area contributed by atoms with Crippen molar-refractivity contribution in [3.05, 3.63) is 35.9 Å². The van der Waals surface area contributed by atoms with Crippen LogP contribution in [0.5, 0.6) is 0 Å². The molecule has 0 aliphatic carbocycles. The van der Waals surface area contributed by atoms with Gasteiger partial charge < -0.3 is 10.2 Å². The third-order valence-corrected chi connectivity index (χ3v) is 3.67. The van der Waals surface area contributed by atoms with Crippen LogP contribution >= 0.6 is 0 Å². The Morgan fingerprint density at radius 1 is 1.25 bits per heavy atom. The highest BCUT2D eigenvalue weighted by atomic mass is 16.2. The molecule has 2 atom stereocenters. The Balaban J connectivity index is 1.73. The van der Waals surface area contributed by atoms with Crippen LogP contribution in [0.3, 0.4) is 0 Å². The highest BCUT2D eigenvalue weighted by Gasteiger charge is 2.37. The lowest BCUT2D eigenvalue weighted by atomic mass is 10.1. The fourth-order valence-corrected chi connectivity index (χ4v) is 2.78. The zero-order chi connectivity index (χ0) is 11.0. The van der Waals surface area contributed by atoms with E-state index >= 15 is 0 Å². The number of hydrogen-bond donors (Lipinski definition) is 1. The minimum absolute atomic E-state index is 0.178. The Morgan fingerprint density at radius 2 is 2.06 bits per heavy atom. The van der Waals surface area contributed by atoms with E-state index in [9.17, 15) is 4.79 Å². The second-order valence-corrected chi connectivity index (χ2v) is 4.69. The maximum Gasteiger partial charge on any atom is 0.253 e. The molecule has 1 aromatic carbocycles. The molecule has 0 unspecified atom stereocenters. The fourth-order valence-electron chi connectivity index (χ4n) is 2.78. The van der Waals surface area contributed by atoms with E-state index in [4.69, 9.17) is 0 Å². The fraction of sp³-hybridized carbons (Fsp3) is 0.462. The monoisotopic (exact) mass is 216 g/mol. The van der Waals surface area contributed by atoms with Crippen LogP contribution in [0.4, 0.5) is 0 Å². The third kappa shape index (κ3) is 1.61. The van der Waals surface area contributed by atoms with E-state index in [1.807, 2.05) is 35.2 Å². The van der Waals surface area contributed by atoms with Crippen LogP contribution in [-0.2, 0) is 0 Å². The van der Waals surface area contributed by atoms with Crippen molar-refractivity contribution in [3.63, 3.8) is 0 Å². The molecule has 1 amide bonds. The summed E-state index contributed by atoms with van der Waals surface area (Å²) in [6.07, 6.45) is 1.21. The number of benzene rings is 1. The quantitative estimate of drug-likeness (QED) is 0.763. The predicted molar refractivity (Wildman–Crippen MR) is 62.2 cm³/mol. The van der Waals surface area contributed by atoms with Crippen LogP contribution in [0, 0.1) is 5.92 Å². The average Bonchev–Trinajstić information content (AvgIpc) is 2.89. The van der Waals surface area contributed by atoms with Crippen molar-refractivity contribution in [2.45, 2.75) is 12.5 Å². The molecular formula is C13H16N2O. The van der Waals surface area contributed by atoms with Crippen molar-refractivity contribution in [2.24, 2.45) is 5.92 Å². The maximum atomic E-state index is 12.2. The summed E-state index contributed by atoms with van der Waals surface area (Å²) in [5.74, 6) is 0.851. The lowest BCUT2D eigenvalue weighted by Gasteiger charge is -2.17. The summed E-state index contributed by atoms with van der Waals surface area (Å²) in [6.45, 7) is 2.91. The van der Waals surface area contributed by atoms with Gasteiger partial charge in [-0.05, 0) is 31.0 Å². The molecule has 0 spiro atoms. The third-order valence-electron chi connectivity index (χ3n) is 3.67. The zero-order valence-electron chi connectivity index (χ0n) is 9.23. The molecule has 3 heteroatoms. The van der Waals surface area contributed by atoms with Gasteiger partial charge in [0.15, 0.2) is 0 Å². The van der Waals surface area contributed by atoms with Gasteiger partial charge in [0.05, 0.1) is 0 Å². The Morgan fingerprint density at radius 3 is 2.81 bits per heavy atom. The SMILES string of the molecule is O=C(c1ccccc1)N1C[C@@H]2CCN[C@@H]2C1. The van der Waals surface area contributed by atoms with Gasteiger partial charge in [0.25, 0.3) is 5.91 Å². The summed E-state index contributed by atoms with van der Waals surface area (Å²) >= 11 is 0. The normalized spacial score (nSPS) is 28.1. The number of fused-ring (bicyclic) bond motifs is 1. The van der Waals surface area contributed by atoms with Gasteiger partial charge in [-0.25, -0.2) is 0 Å². The van der Waals surface area contributed by atoms with Gasteiger partial charge in [0.2, 0.25) is 0 Å². The van der Waals surface area contributed by atoms with Crippen molar-refractivity contribution in [1.29, 1.82) is 0 Å². The van der Waals surface area contributed by atoms with Gasteiger partial charge in [-0.3, -0.25) is 4.79 Å². The van der Waals surface area contributed by atoms with E-state index < -0.39 is 0 Å². The molecule has 0 saturated carbocycles. The first-order chi connectivity index (χ1) is 7.84. The summed E-state index contributed by atoms with van der Waals surface area (Å²) < 4.78 is 0. The molecule has 3 nitrogen and oxygen atoms in total. The number of rotatable bonds is 1. The number of nitrogens with zero attached hydrogens (tertiary/aromatic N) is 1. The topological polar surface area (TPSA) is 32.3 Å². The summed E-state index contributed by atoms with van der Waals surface area (Å²) in [7, 11) is 0. The summed E-state index contributed by atoms with van der Waals surface area (Å²) in [6, 6.07) is 10.1. The Labute approximate surface area is 95.4 Å². The summed E-state index contributed by atoms with van der Waals surface area (Å²) in [5.41, 5.74) is 0.808. The van der Waals surface area contributed by atoms with Crippen LogP contribution in [0.15, 0.2) is 30.3 Å². The first-order valence-corrected chi connectivity index (χ1v) is 5.92. The molecule has 1 N–H and O–H groups in total. The molecule has 2 aliphatic rings. The molecule has 1 aromatic rings. The number of carbonyl (C=O) groups is 1. The van der Waals surface area contributed by atoms with Gasteiger partial charge in [0, 0.05) is 24.7 Å². The molecule has 0 aromatic heterocycles. The molecule has 0 radical (unpaired) electrons. The average molecular weight is 216 g/mol. The van der Waals surface area contributed by atoms with Gasteiger partial charge >= 0.3 is 0 Å². The summed E-state index contributed by atoms with van der Waals surface area (Å²) in [4.78, 5) is 14.2. The largest absolute Gasteiger partial charge is 0.337 e. The van der Waals surface area contributed by atoms with Crippen molar-refractivity contribution in [2.75, 3.05) is 19.6 Å². The van der Waals surface area contributed by atoms with Crippen molar-refractivity contribution in [3.8, 4) is 0 Å². The number of carbonyl (C=O) groups excluding carboxylic acids is 1. The van der Waals surface area contributed by atoms with E-state index in [0.29, 0.717) is 12.0 Å². The number of nitrogens with one attached hydrogen (secondary N) is 1. The van der Waals surface area contributed by atoms with Crippen molar-refractivity contribution in [1.82, 2.24) is 10.2 Å². The molecule has 0 bridgehead atoms. The van der Waals surface area contributed by atoms with Gasteiger partial charge in [0.1, 0.15) is 0 Å². The van der Waals surface area contributed by atoms with E-state index in [2.05, 4.69) is 5.32 Å². The van der Waals surface area contributed by atoms with Crippen LogP contribution in [-0.4, -0.2) is 36.5 Å². The minimum atomic E-state index is 0.178. The number of hydrogen-bond acceptors (Lipinski definition) is 2. The van der Waals surface area contributed by atoms with Crippen LogP contribution in [0.2, 0.25) is 0 Å². The van der Waals surface area contributed by atoms with E-state index in [0.717, 1.165) is 25.2 Å². The molecule has 16 heavy (non-hydrogen) atoms. The van der Waals surface area contributed by atoms with E-state index in [1.54, 1.807) is 0 Å². The highest BCUT2D eigenvalue weighted by Crippen LogP contribution is 2.25. The standard InChI is InChI=1S/C13H16N2O/c16-13(10-4-2-1-3-5-10)15-8-11-6-7-14-12(11)9-15/h1-5,11-12,14H,6-9H2/t11-,12+/m0/s1. The minimum Gasteiger partial charge on any atom is -0.337 e. The maximum absolute atomic E-state index is 12.2. The second kappa shape index (κ2) is 3.91. The molecule has 2 heterocycles. The van der Waals surface area contributed by atoms with Gasteiger partial charge in [-0.15, -0.1) is 0 Å². The van der Waals surface area contributed by atoms with Crippen LogP contribution < -0.4 is 5.32 Å². The molecule has 2 fully saturated rings. The molecular weight excluding hydrogens is 200 g/mol. The zero-order valence-corrected chi connectivity index (χ0v) is 9.23. The smallest absolute Gasteiger partial charge is 0.253 e.